The molecule has 1 aromatic carbocycles. The largest absolute Gasteiger partial charge is 0.479 e. The second-order valence-electron chi connectivity index (χ2n) is 4.50. The lowest BCUT2D eigenvalue weighted by Gasteiger charge is -2.34. The quantitative estimate of drug-likeness (QED) is 0.847. The molecule has 0 saturated carbocycles. The van der Waals surface area contributed by atoms with Crippen molar-refractivity contribution in [1.29, 1.82) is 0 Å². The second-order valence-corrected chi connectivity index (χ2v) is 5.41. The molecule has 0 aliphatic heterocycles. The van der Waals surface area contributed by atoms with Crippen molar-refractivity contribution >= 4 is 27.6 Å². The van der Waals surface area contributed by atoms with Crippen LogP contribution in [0.4, 0.5) is 5.69 Å². The molecule has 1 aromatic rings. The van der Waals surface area contributed by atoms with Crippen LogP contribution in [-0.4, -0.2) is 30.3 Å². The summed E-state index contributed by atoms with van der Waals surface area (Å²) in [6.07, 6.45) is 0. The molecule has 2 N–H and O–H groups in total. The third kappa shape index (κ3) is 3.23. The Balaban J connectivity index is 3.03. The van der Waals surface area contributed by atoms with Gasteiger partial charge in [-0.1, -0.05) is 29.8 Å². The molecule has 18 heavy (non-hydrogen) atoms. The van der Waals surface area contributed by atoms with Crippen LogP contribution in [0, 0.1) is 5.92 Å². The number of carboxylic acid groups (broad SMARTS) is 1. The maximum atomic E-state index is 11.6. The number of anilines is 1. The lowest BCUT2D eigenvalue weighted by Crippen LogP contribution is -2.54. The van der Waals surface area contributed by atoms with Gasteiger partial charge in [0.15, 0.2) is 5.54 Å². The van der Waals surface area contributed by atoms with Crippen LogP contribution in [-0.2, 0) is 9.53 Å². The number of halogens is 1. The summed E-state index contributed by atoms with van der Waals surface area (Å²) in [5, 5.41) is 12.6. The molecule has 0 aliphatic rings. The molecule has 1 unspecified atom stereocenters. The van der Waals surface area contributed by atoms with Crippen molar-refractivity contribution in [3.05, 3.63) is 28.7 Å². The molecule has 1 rings (SSSR count). The summed E-state index contributed by atoms with van der Waals surface area (Å²) in [7, 11) is 1.50. The average Bonchev–Trinajstić information content (AvgIpc) is 2.30. The van der Waals surface area contributed by atoms with Gasteiger partial charge in [0.25, 0.3) is 0 Å². The summed E-state index contributed by atoms with van der Waals surface area (Å²) >= 11 is 3.34. The van der Waals surface area contributed by atoms with Gasteiger partial charge < -0.3 is 15.2 Å². The number of carboxylic acids is 1. The highest BCUT2D eigenvalue weighted by Crippen LogP contribution is 2.25. The number of nitrogens with one attached hydrogen (secondary N) is 1. The summed E-state index contributed by atoms with van der Waals surface area (Å²) in [5.41, 5.74) is -0.367. The van der Waals surface area contributed by atoms with E-state index in [9.17, 15) is 9.90 Å². The molecule has 0 spiro atoms. The first-order valence-corrected chi connectivity index (χ1v) is 6.47. The van der Waals surface area contributed by atoms with Gasteiger partial charge in [-0.05, 0) is 30.2 Å². The van der Waals surface area contributed by atoms with Crippen molar-refractivity contribution in [2.75, 3.05) is 19.0 Å². The van der Waals surface area contributed by atoms with Crippen molar-refractivity contribution in [2.45, 2.75) is 19.4 Å². The minimum atomic E-state index is -1.12. The molecule has 5 heteroatoms. The van der Waals surface area contributed by atoms with Gasteiger partial charge in [-0.2, -0.15) is 0 Å². The molecule has 0 saturated heterocycles. The van der Waals surface area contributed by atoms with Crippen molar-refractivity contribution in [3.63, 3.8) is 0 Å². The van der Waals surface area contributed by atoms with Crippen molar-refractivity contribution < 1.29 is 14.6 Å². The van der Waals surface area contributed by atoms with Gasteiger partial charge in [0, 0.05) is 17.3 Å². The second kappa shape index (κ2) is 6.20. The SMILES string of the molecule is COCC(Nc1ccc(Br)cc1)(C(=O)O)C(C)C. The van der Waals surface area contributed by atoms with E-state index in [2.05, 4.69) is 21.2 Å². The average molecular weight is 316 g/mol. The van der Waals surface area contributed by atoms with Crippen LogP contribution in [0.2, 0.25) is 0 Å². The minimum Gasteiger partial charge on any atom is -0.479 e. The van der Waals surface area contributed by atoms with Crippen LogP contribution in [0.15, 0.2) is 28.7 Å². The van der Waals surface area contributed by atoms with Crippen molar-refractivity contribution in [3.8, 4) is 0 Å². The van der Waals surface area contributed by atoms with E-state index >= 15 is 0 Å². The zero-order chi connectivity index (χ0) is 13.8. The Kier molecular flexibility index (Phi) is 5.16. The molecule has 0 bridgehead atoms. The topological polar surface area (TPSA) is 58.6 Å². The van der Waals surface area contributed by atoms with Crippen LogP contribution in [0.25, 0.3) is 0 Å². The normalized spacial score (nSPS) is 14.3. The zero-order valence-corrected chi connectivity index (χ0v) is 12.3. The predicted molar refractivity (Wildman–Crippen MR) is 74.8 cm³/mol. The van der Waals surface area contributed by atoms with Crippen LogP contribution >= 0.6 is 15.9 Å². The first-order valence-electron chi connectivity index (χ1n) is 5.68. The number of ether oxygens (including phenoxy) is 1. The Hall–Kier alpha value is -1.07. The summed E-state index contributed by atoms with van der Waals surface area (Å²) in [5.74, 6) is -1.03. The van der Waals surface area contributed by atoms with E-state index in [1.165, 1.54) is 7.11 Å². The fourth-order valence-corrected chi connectivity index (χ4v) is 1.99. The predicted octanol–water partition coefficient (Wildman–Crippen LogP) is 2.99. The van der Waals surface area contributed by atoms with Gasteiger partial charge in [0.05, 0.1) is 6.61 Å². The molecule has 0 heterocycles. The molecule has 0 fully saturated rings. The molecule has 0 aromatic heterocycles. The molecule has 1 atom stereocenters. The summed E-state index contributed by atoms with van der Waals surface area (Å²) < 4.78 is 6.02. The van der Waals surface area contributed by atoms with Gasteiger partial charge in [-0.15, -0.1) is 0 Å². The summed E-state index contributed by atoms with van der Waals surface area (Å²) in [4.78, 5) is 11.6. The van der Waals surface area contributed by atoms with Crippen molar-refractivity contribution in [1.82, 2.24) is 0 Å². The first kappa shape index (κ1) is 15.0. The standard InChI is InChI=1S/C13H18BrNO3/c1-9(2)13(8-18-3,12(16)17)15-11-6-4-10(14)5-7-11/h4-7,9,15H,8H2,1-3H3,(H,16,17). The highest BCUT2D eigenvalue weighted by atomic mass is 79.9. The monoisotopic (exact) mass is 315 g/mol. The fraction of sp³-hybridized carbons (Fsp3) is 0.462. The maximum Gasteiger partial charge on any atom is 0.332 e. The van der Waals surface area contributed by atoms with Crippen LogP contribution in [0.5, 0.6) is 0 Å². The molecule has 4 nitrogen and oxygen atoms in total. The van der Waals surface area contributed by atoms with Crippen LogP contribution in [0.1, 0.15) is 13.8 Å². The van der Waals surface area contributed by atoms with E-state index in [1.54, 1.807) is 0 Å². The summed E-state index contributed by atoms with van der Waals surface area (Å²) in [6.45, 7) is 3.83. The van der Waals surface area contributed by atoms with Gasteiger partial charge in [-0.25, -0.2) is 4.79 Å². The third-order valence-electron chi connectivity index (χ3n) is 2.95. The Labute approximate surface area is 115 Å². The van der Waals surface area contributed by atoms with E-state index in [-0.39, 0.29) is 12.5 Å². The smallest absolute Gasteiger partial charge is 0.332 e. The highest BCUT2D eigenvalue weighted by Gasteiger charge is 2.42. The van der Waals surface area contributed by atoms with Gasteiger partial charge >= 0.3 is 5.97 Å². The molecule has 0 radical (unpaired) electrons. The van der Waals surface area contributed by atoms with Crippen LogP contribution in [0.3, 0.4) is 0 Å². The highest BCUT2D eigenvalue weighted by molar-refractivity contribution is 9.10. The third-order valence-corrected chi connectivity index (χ3v) is 3.48. The van der Waals surface area contributed by atoms with E-state index in [0.29, 0.717) is 0 Å². The lowest BCUT2D eigenvalue weighted by molar-refractivity contribution is -0.146. The van der Waals surface area contributed by atoms with E-state index in [1.807, 2.05) is 38.1 Å². The summed E-state index contributed by atoms with van der Waals surface area (Å²) in [6, 6.07) is 7.39. The fourth-order valence-electron chi connectivity index (χ4n) is 1.73. The van der Waals surface area contributed by atoms with Gasteiger partial charge in [-0.3, -0.25) is 0 Å². The van der Waals surface area contributed by atoms with Gasteiger partial charge in [0.1, 0.15) is 0 Å². The number of hydrogen-bond donors (Lipinski definition) is 2. The maximum absolute atomic E-state index is 11.6. The Morgan fingerprint density at radius 2 is 2.00 bits per heavy atom. The van der Waals surface area contributed by atoms with E-state index in [0.717, 1.165) is 10.2 Å². The van der Waals surface area contributed by atoms with Gasteiger partial charge in [0.2, 0.25) is 0 Å². The Morgan fingerprint density at radius 3 is 2.39 bits per heavy atom. The molecular weight excluding hydrogens is 298 g/mol. The molecule has 0 aliphatic carbocycles. The van der Waals surface area contributed by atoms with E-state index < -0.39 is 11.5 Å². The van der Waals surface area contributed by atoms with Crippen LogP contribution < -0.4 is 5.32 Å². The number of aliphatic carboxylic acids is 1. The lowest BCUT2D eigenvalue weighted by atomic mass is 9.86. The number of benzene rings is 1. The van der Waals surface area contributed by atoms with E-state index in [4.69, 9.17) is 4.74 Å². The number of carbonyl (C=O) groups is 1. The number of hydrogen-bond acceptors (Lipinski definition) is 3. The zero-order valence-electron chi connectivity index (χ0n) is 10.7. The van der Waals surface area contributed by atoms with Crippen molar-refractivity contribution in [2.24, 2.45) is 5.92 Å². The minimum absolute atomic E-state index is 0.107. The molecule has 0 amide bonds. The molecule has 100 valence electrons. The first-order chi connectivity index (χ1) is 8.42. The Bertz CT molecular complexity index is 405. The number of rotatable bonds is 6. The number of methoxy groups -OCH3 is 1. The molecular formula is C13H18BrNO3. The Morgan fingerprint density at radius 1 is 1.44 bits per heavy atom.